The number of para-hydroxylation sites is 2. The number of anilines is 1. The van der Waals surface area contributed by atoms with Gasteiger partial charge in [-0.25, -0.2) is 9.97 Å². The number of hydrogen-bond donors (Lipinski definition) is 1. The van der Waals surface area contributed by atoms with Crippen molar-refractivity contribution in [3.8, 4) is 0 Å². The van der Waals surface area contributed by atoms with Gasteiger partial charge in [-0.2, -0.15) is 0 Å². The number of benzene rings is 1. The fourth-order valence-electron chi connectivity index (χ4n) is 2.51. The summed E-state index contributed by atoms with van der Waals surface area (Å²) in [6.45, 7) is 5.16. The van der Waals surface area contributed by atoms with Crippen molar-refractivity contribution in [1.29, 1.82) is 0 Å². The maximum absolute atomic E-state index is 12.3. The summed E-state index contributed by atoms with van der Waals surface area (Å²) >= 11 is 13.3. The molecule has 0 fully saturated rings. The molecule has 3 aromatic rings. The van der Waals surface area contributed by atoms with Gasteiger partial charge >= 0.3 is 0 Å². The number of hydrogen-bond acceptors (Lipinski definition) is 4. The van der Waals surface area contributed by atoms with E-state index in [1.807, 2.05) is 24.3 Å². The molecular formula is C18H18Cl2N4OS. The minimum Gasteiger partial charge on any atom is -0.319 e. The number of carbonyl (C=O) groups excluding carboxylic acids is 1. The average molecular weight is 409 g/mol. The Morgan fingerprint density at radius 2 is 2.08 bits per heavy atom. The number of nitrogens with zero attached hydrogens (tertiary/aromatic N) is 3. The number of thioether (sulfide) groups is 1. The molecule has 0 bridgehead atoms. The number of halogens is 2. The first-order valence-corrected chi connectivity index (χ1v) is 9.87. The summed E-state index contributed by atoms with van der Waals surface area (Å²) in [5.41, 5.74) is 2.00. The van der Waals surface area contributed by atoms with Crippen molar-refractivity contribution in [3.63, 3.8) is 0 Å². The highest BCUT2D eigenvalue weighted by Gasteiger charge is 2.15. The smallest absolute Gasteiger partial charge is 0.236 e. The highest BCUT2D eigenvalue weighted by Crippen LogP contribution is 2.26. The Morgan fingerprint density at radius 1 is 1.31 bits per heavy atom. The molecule has 0 saturated heterocycles. The Hall–Kier alpha value is -1.76. The van der Waals surface area contributed by atoms with Crippen molar-refractivity contribution in [2.24, 2.45) is 5.92 Å². The average Bonchev–Trinajstić information content (AvgIpc) is 2.93. The van der Waals surface area contributed by atoms with Crippen molar-refractivity contribution < 1.29 is 4.79 Å². The van der Waals surface area contributed by atoms with Crippen LogP contribution < -0.4 is 5.32 Å². The van der Waals surface area contributed by atoms with Crippen molar-refractivity contribution >= 4 is 57.7 Å². The second-order valence-corrected chi connectivity index (χ2v) is 7.99. The van der Waals surface area contributed by atoms with Crippen LogP contribution >= 0.6 is 35.0 Å². The van der Waals surface area contributed by atoms with Gasteiger partial charge < -0.3 is 9.88 Å². The number of nitrogens with one attached hydrogen (secondary N) is 1. The third-order valence-corrected chi connectivity index (χ3v) is 5.04. The molecule has 26 heavy (non-hydrogen) atoms. The van der Waals surface area contributed by atoms with E-state index in [4.69, 9.17) is 23.2 Å². The molecule has 0 aliphatic rings. The van der Waals surface area contributed by atoms with E-state index in [-0.39, 0.29) is 11.7 Å². The topological polar surface area (TPSA) is 59.8 Å². The Balaban J connectivity index is 1.73. The molecule has 0 unspecified atom stereocenters. The lowest BCUT2D eigenvalue weighted by Crippen LogP contribution is -2.16. The van der Waals surface area contributed by atoms with Crippen LogP contribution in [0, 0.1) is 5.92 Å². The van der Waals surface area contributed by atoms with Crippen LogP contribution in [0.3, 0.4) is 0 Å². The van der Waals surface area contributed by atoms with Crippen LogP contribution in [0.2, 0.25) is 10.0 Å². The van der Waals surface area contributed by atoms with Crippen LogP contribution in [0.15, 0.2) is 41.7 Å². The van der Waals surface area contributed by atoms with Gasteiger partial charge in [-0.1, -0.05) is 60.9 Å². The molecule has 0 atom stereocenters. The highest BCUT2D eigenvalue weighted by molar-refractivity contribution is 7.99. The summed E-state index contributed by atoms with van der Waals surface area (Å²) in [5.74, 6) is 0.785. The zero-order chi connectivity index (χ0) is 18.7. The molecule has 1 aromatic carbocycles. The molecule has 8 heteroatoms. The molecule has 1 N–H and O–H groups in total. The van der Waals surface area contributed by atoms with E-state index >= 15 is 0 Å². The van der Waals surface area contributed by atoms with Crippen molar-refractivity contribution in [3.05, 3.63) is 46.6 Å². The molecule has 0 saturated carbocycles. The van der Waals surface area contributed by atoms with Gasteiger partial charge in [0.2, 0.25) is 5.91 Å². The Bertz CT molecular complexity index is 942. The summed E-state index contributed by atoms with van der Waals surface area (Å²) in [7, 11) is 0. The van der Waals surface area contributed by atoms with Crippen LogP contribution in [0.25, 0.3) is 11.0 Å². The van der Waals surface area contributed by atoms with Gasteiger partial charge in [0.1, 0.15) is 0 Å². The quantitative estimate of drug-likeness (QED) is 0.574. The van der Waals surface area contributed by atoms with Crippen molar-refractivity contribution in [2.45, 2.75) is 25.5 Å². The molecule has 2 heterocycles. The van der Waals surface area contributed by atoms with E-state index in [2.05, 4.69) is 33.7 Å². The molecule has 3 rings (SSSR count). The van der Waals surface area contributed by atoms with Crippen molar-refractivity contribution in [1.82, 2.24) is 14.5 Å². The number of pyridine rings is 1. The van der Waals surface area contributed by atoms with Gasteiger partial charge in [0.15, 0.2) is 11.0 Å². The van der Waals surface area contributed by atoms with E-state index in [1.165, 1.54) is 18.0 Å². The zero-order valence-corrected chi connectivity index (χ0v) is 16.7. The first-order valence-electron chi connectivity index (χ1n) is 8.13. The summed E-state index contributed by atoms with van der Waals surface area (Å²) in [4.78, 5) is 21.0. The third kappa shape index (κ3) is 4.50. The zero-order valence-electron chi connectivity index (χ0n) is 14.4. The number of aromatic nitrogens is 3. The predicted molar refractivity (Wildman–Crippen MR) is 108 cm³/mol. The van der Waals surface area contributed by atoms with E-state index in [0.717, 1.165) is 22.7 Å². The van der Waals surface area contributed by atoms with Crippen LogP contribution in [0.5, 0.6) is 0 Å². The van der Waals surface area contributed by atoms with Crippen molar-refractivity contribution in [2.75, 3.05) is 11.1 Å². The third-order valence-electron chi connectivity index (χ3n) is 3.57. The first-order chi connectivity index (χ1) is 12.4. The van der Waals surface area contributed by atoms with Gasteiger partial charge in [-0.05, 0) is 24.1 Å². The van der Waals surface area contributed by atoms with Gasteiger partial charge in [0, 0.05) is 12.7 Å². The second-order valence-electron chi connectivity index (χ2n) is 6.21. The minimum atomic E-state index is -0.199. The van der Waals surface area contributed by atoms with E-state index < -0.39 is 0 Å². The molecule has 1 amide bonds. The Labute approximate surface area is 166 Å². The van der Waals surface area contributed by atoms with E-state index in [1.54, 1.807) is 6.07 Å². The maximum Gasteiger partial charge on any atom is 0.236 e. The van der Waals surface area contributed by atoms with E-state index in [0.29, 0.717) is 21.8 Å². The molecule has 0 spiro atoms. The normalized spacial score (nSPS) is 11.3. The number of fused-ring (bicyclic) bond motifs is 1. The van der Waals surface area contributed by atoms with Crippen LogP contribution in [-0.4, -0.2) is 26.2 Å². The lowest BCUT2D eigenvalue weighted by Gasteiger charge is -2.11. The molecule has 136 valence electrons. The van der Waals surface area contributed by atoms with Crippen LogP contribution in [-0.2, 0) is 11.3 Å². The maximum atomic E-state index is 12.3. The fourth-order valence-corrected chi connectivity index (χ4v) is 3.76. The molecule has 0 aliphatic heterocycles. The molecule has 0 radical (unpaired) electrons. The minimum absolute atomic E-state index is 0.199. The van der Waals surface area contributed by atoms with E-state index in [9.17, 15) is 4.79 Å². The number of imidazole rings is 1. The van der Waals surface area contributed by atoms with Gasteiger partial charge in [-0.3, -0.25) is 4.79 Å². The van der Waals surface area contributed by atoms with Crippen LogP contribution in [0.4, 0.5) is 5.82 Å². The lowest BCUT2D eigenvalue weighted by atomic mass is 10.2. The number of amides is 1. The Kier molecular flexibility index (Phi) is 6.06. The monoisotopic (exact) mass is 408 g/mol. The molecule has 2 aromatic heterocycles. The molecular weight excluding hydrogens is 391 g/mol. The molecule has 5 nitrogen and oxygen atoms in total. The van der Waals surface area contributed by atoms with Gasteiger partial charge in [-0.15, -0.1) is 0 Å². The predicted octanol–water partition coefficient (Wildman–Crippen LogP) is 5.12. The summed E-state index contributed by atoms with van der Waals surface area (Å²) in [6.07, 6.45) is 1.44. The summed E-state index contributed by atoms with van der Waals surface area (Å²) in [5, 5.41) is 4.26. The Morgan fingerprint density at radius 3 is 2.81 bits per heavy atom. The van der Waals surface area contributed by atoms with Gasteiger partial charge in [0.25, 0.3) is 0 Å². The lowest BCUT2D eigenvalue weighted by molar-refractivity contribution is -0.113. The van der Waals surface area contributed by atoms with Gasteiger partial charge in [0.05, 0.1) is 26.8 Å². The second kappa shape index (κ2) is 8.29. The first kappa shape index (κ1) is 19.0. The number of rotatable bonds is 6. The largest absolute Gasteiger partial charge is 0.319 e. The number of carbonyl (C=O) groups is 1. The summed E-state index contributed by atoms with van der Waals surface area (Å²) < 4.78 is 2.16. The molecule has 0 aliphatic carbocycles. The fraction of sp³-hybridized carbons (Fsp3) is 0.278. The SMILES string of the molecule is CC(C)Cn1c(SCC(=O)Nc2ncc(Cl)cc2Cl)nc2ccccc21. The van der Waals surface area contributed by atoms with Crippen LogP contribution in [0.1, 0.15) is 13.8 Å². The summed E-state index contributed by atoms with van der Waals surface area (Å²) in [6, 6.07) is 9.53. The highest BCUT2D eigenvalue weighted by atomic mass is 35.5. The standard InChI is InChI=1S/C18H18Cl2N4OS/c1-11(2)9-24-15-6-4-3-5-14(15)22-18(24)26-10-16(25)23-17-13(20)7-12(19)8-21-17/h3-8,11H,9-10H2,1-2H3,(H,21,23,25).